The second-order valence-electron chi connectivity index (χ2n) is 4.68. The van der Waals surface area contributed by atoms with E-state index >= 15 is 0 Å². The van der Waals surface area contributed by atoms with Crippen molar-refractivity contribution in [2.75, 3.05) is 21.3 Å². The molecule has 1 heterocycles. The lowest BCUT2D eigenvalue weighted by atomic mass is 10.1. The number of hydrogen-bond acceptors (Lipinski definition) is 4. The molecule has 1 aromatic heterocycles. The lowest BCUT2D eigenvalue weighted by Gasteiger charge is -2.21. The Bertz CT molecular complexity index is 632. The molecule has 0 aliphatic heterocycles. The van der Waals surface area contributed by atoms with Crippen LogP contribution in [0.1, 0.15) is 11.6 Å². The lowest BCUT2D eigenvalue weighted by molar-refractivity contribution is 0.381. The molecule has 0 saturated carbocycles. The molecule has 1 N–H and O–H groups in total. The third kappa shape index (κ3) is 3.64. The maximum atomic E-state index is 11.2. The third-order valence-corrected chi connectivity index (χ3v) is 3.42. The number of nitrogens with one attached hydrogen (secondary N) is 1. The fourth-order valence-corrected chi connectivity index (χ4v) is 2.23. The fourth-order valence-electron chi connectivity index (χ4n) is 2.23. The van der Waals surface area contributed by atoms with Gasteiger partial charge in [0.1, 0.15) is 11.5 Å². The van der Waals surface area contributed by atoms with E-state index in [0.717, 1.165) is 17.1 Å². The van der Waals surface area contributed by atoms with Gasteiger partial charge >= 0.3 is 0 Å². The number of nitrogens with zero attached hydrogens (tertiary/aromatic N) is 1. The lowest BCUT2D eigenvalue weighted by Crippen LogP contribution is -2.23. The van der Waals surface area contributed by atoms with E-state index in [-0.39, 0.29) is 11.5 Å². The first-order valence-electron chi connectivity index (χ1n) is 6.73. The summed E-state index contributed by atoms with van der Waals surface area (Å²) in [6, 6.07) is 8.93. The largest absolute Gasteiger partial charge is 0.497 e. The normalized spacial score (nSPS) is 12.0. The molecule has 1 atom stereocenters. The molecule has 0 aliphatic rings. The average molecular weight is 288 g/mol. The zero-order valence-electron chi connectivity index (χ0n) is 12.5. The summed E-state index contributed by atoms with van der Waals surface area (Å²) in [7, 11) is 5.17. The quantitative estimate of drug-likeness (QED) is 0.881. The second-order valence-corrected chi connectivity index (χ2v) is 4.68. The van der Waals surface area contributed by atoms with E-state index in [9.17, 15) is 4.79 Å². The van der Waals surface area contributed by atoms with Crippen molar-refractivity contribution in [1.82, 2.24) is 9.88 Å². The van der Waals surface area contributed by atoms with Crippen LogP contribution >= 0.6 is 0 Å². The Hall–Kier alpha value is -2.27. The van der Waals surface area contributed by atoms with Gasteiger partial charge in [0, 0.05) is 42.7 Å². The summed E-state index contributed by atoms with van der Waals surface area (Å²) in [6.45, 7) is 0.694. The first-order valence-corrected chi connectivity index (χ1v) is 6.73. The number of hydrogen-bond donors (Lipinski definition) is 1. The van der Waals surface area contributed by atoms with Gasteiger partial charge in [0.2, 0.25) is 0 Å². The molecule has 5 heteroatoms. The van der Waals surface area contributed by atoms with Crippen LogP contribution in [0.2, 0.25) is 0 Å². The van der Waals surface area contributed by atoms with Crippen LogP contribution in [0.4, 0.5) is 0 Å². The Morgan fingerprint density at radius 3 is 2.43 bits per heavy atom. The van der Waals surface area contributed by atoms with Gasteiger partial charge in [-0.2, -0.15) is 0 Å². The van der Waals surface area contributed by atoms with Crippen LogP contribution in [0, 0.1) is 0 Å². The maximum Gasteiger partial charge on any atom is 0.181 e. The molecule has 2 aromatic rings. The predicted molar refractivity (Wildman–Crippen MR) is 82.0 cm³/mol. The number of pyridine rings is 1. The molecule has 21 heavy (non-hydrogen) atoms. The highest BCUT2D eigenvalue weighted by Gasteiger charge is 2.15. The Morgan fingerprint density at radius 1 is 1.14 bits per heavy atom. The molecule has 2 rings (SSSR count). The topological polar surface area (TPSA) is 52.5 Å². The molecule has 0 aliphatic carbocycles. The van der Waals surface area contributed by atoms with Crippen LogP contribution in [0.3, 0.4) is 0 Å². The first-order chi connectivity index (χ1) is 10.2. The van der Waals surface area contributed by atoms with E-state index in [1.807, 2.05) is 29.8 Å². The third-order valence-electron chi connectivity index (χ3n) is 3.42. The number of aromatic nitrogens is 1. The van der Waals surface area contributed by atoms with Gasteiger partial charge in [0.15, 0.2) is 5.43 Å². The Labute approximate surface area is 124 Å². The number of methoxy groups -OCH3 is 2. The smallest absolute Gasteiger partial charge is 0.181 e. The molecule has 0 saturated heterocycles. The average Bonchev–Trinajstić information content (AvgIpc) is 2.53. The van der Waals surface area contributed by atoms with Crippen LogP contribution in [-0.2, 0) is 6.54 Å². The monoisotopic (exact) mass is 288 g/mol. The highest BCUT2D eigenvalue weighted by molar-refractivity contribution is 5.42. The van der Waals surface area contributed by atoms with E-state index in [0.29, 0.717) is 6.54 Å². The van der Waals surface area contributed by atoms with E-state index in [2.05, 4.69) is 5.32 Å². The van der Waals surface area contributed by atoms with Crippen molar-refractivity contribution in [3.8, 4) is 11.5 Å². The zero-order valence-corrected chi connectivity index (χ0v) is 12.5. The maximum absolute atomic E-state index is 11.2. The molecule has 112 valence electrons. The first kappa shape index (κ1) is 15.1. The van der Waals surface area contributed by atoms with Gasteiger partial charge in [-0.1, -0.05) is 0 Å². The Morgan fingerprint density at radius 2 is 1.86 bits per heavy atom. The van der Waals surface area contributed by atoms with Gasteiger partial charge < -0.3 is 19.4 Å². The van der Waals surface area contributed by atoms with Crippen LogP contribution in [0.15, 0.2) is 47.5 Å². The zero-order chi connectivity index (χ0) is 15.2. The van der Waals surface area contributed by atoms with E-state index in [1.54, 1.807) is 38.7 Å². The van der Waals surface area contributed by atoms with Gasteiger partial charge in [0.05, 0.1) is 20.3 Å². The van der Waals surface area contributed by atoms with Crippen molar-refractivity contribution >= 4 is 0 Å². The molecule has 5 nitrogen and oxygen atoms in total. The van der Waals surface area contributed by atoms with Crippen molar-refractivity contribution in [2.24, 2.45) is 0 Å². The van der Waals surface area contributed by atoms with Crippen molar-refractivity contribution in [3.05, 3.63) is 58.5 Å². The molecular formula is C16H20N2O3. The molecule has 0 spiro atoms. The Kier molecular flexibility index (Phi) is 5.00. The summed E-state index contributed by atoms with van der Waals surface area (Å²) in [5, 5.41) is 3.27. The van der Waals surface area contributed by atoms with Crippen LogP contribution in [0.25, 0.3) is 0 Å². The molecule has 1 unspecified atom stereocenters. The van der Waals surface area contributed by atoms with Gasteiger partial charge in [-0.25, -0.2) is 0 Å². The summed E-state index contributed by atoms with van der Waals surface area (Å²) >= 11 is 0. The minimum absolute atomic E-state index is 0.00860. The number of likely N-dealkylation sites (N-methyl/N-ethyl adjacent to an activating group) is 1. The van der Waals surface area contributed by atoms with Gasteiger partial charge in [-0.15, -0.1) is 0 Å². The summed E-state index contributed by atoms with van der Waals surface area (Å²) in [6.07, 6.45) is 3.56. The minimum Gasteiger partial charge on any atom is -0.497 e. The SMILES string of the molecule is CNC(Cn1ccc(=O)cc1)c1ccc(OC)cc1OC. The molecule has 0 radical (unpaired) electrons. The van der Waals surface area contributed by atoms with E-state index in [4.69, 9.17) is 9.47 Å². The fraction of sp³-hybridized carbons (Fsp3) is 0.312. The Balaban J connectivity index is 2.28. The number of rotatable bonds is 6. The van der Waals surface area contributed by atoms with Crippen molar-refractivity contribution in [2.45, 2.75) is 12.6 Å². The summed E-state index contributed by atoms with van der Waals surface area (Å²) in [5.74, 6) is 1.53. The predicted octanol–water partition coefficient (Wildman–Crippen LogP) is 1.83. The van der Waals surface area contributed by atoms with Crippen LogP contribution < -0.4 is 20.2 Å². The number of benzene rings is 1. The highest BCUT2D eigenvalue weighted by Crippen LogP contribution is 2.30. The van der Waals surface area contributed by atoms with E-state index < -0.39 is 0 Å². The standard InChI is InChI=1S/C16H20N2O3/c1-17-15(11-18-8-6-12(19)7-9-18)14-5-4-13(20-2)10-16(14)21-3/h4-10,15,17H,11H2,1-3H3. The van der Waals surface area contributed by atoms with Crippen LogP contribution in [0.5, 0.6) is 11.5 Å². The van der Waals surface area contributed by atoms with Crippen molar-refractivity contribution in [1.29, 1.82) is 0 Å². The van der Waals surface area contributed by atoms with Gasteiger partial charge in [-0.05, 0) is 19.2 Å². The molecular weight excluding hydrogens is 268 g/mol. The molecule has 0 amide bonds. The van der Waals surface area contributed by atoms with E-state index in [1.165, 1.54) is 0 Å². The van der Waals surface area contributed by atoms with Crippen molar-refractivity contribution in [3.63, 3.8) is 0 Å². The minimum atomic E-state index is 0.00860. The van der Waals surface area contributed by atoms with Gasteiger partial charge in [0.25, 0.3) is 0 Å². The van der Waals surface area contributed by atoms with Crippen LogP contribution in [-0.4, -0.2) is 25.8 Å². The van der Waals surface area contributed by atoms with Gasteiger partial charge in [-0.3, -0.25) is 4.79 Å². The summed E-state index contributed by atoms with van der Waals surface area (Å²) in [5.41, 5.74) is 1.05. The number of ether oxygens (including phenoxy) is 2. The molecule has 0 bridgehead atoms. The molecule has 1 aromatic carbocycles. The highest BCUT2D eigenvalue weighted by atomic mass is 16.5. The second kappa shape index (κ2) is 6.95. The summed E-state index contributed by atoms with van der Waals surface area (Å²) < 4.78 is 12.6. The summed E-state index contributed by atoms with van der Waals surface area (Å²) in [4.78, 5) is 11.2. The molecule has 0 fully saturated rings. The van der Waals surface area contributed by atoms with Crippen molar-refractivity contribution < 1.29 is 9.47 Å².